The number of benzene rings is 1. The fourth-order valence-corrected chi connectivity index (χ4v) is 5.73. The molecule has 0 aliphatic heterocycles. The zero-order valence-corrected chi connectivity index (χ0v) is 21.0. The molecular weight excluding hydrogens is 442 g/mol. The summed E-state index contributed by atoms with van der Waals surface area (Å²) in [5.41, 5.74) is 1.16. The van der Waals surface area contributed by atoms with E-state index < -0.39 is 17.9 Å². The lowest BCUT2D eigenvalue weighted by atomic mass is 9.81. The number of nitrogens with one attached hydrogen (secondary N) is 2. The highest BCUT2D eigenvalue weighted by molar-refractivity contribution is 5.90. The van der Waals surface area contributed by atoms with Crippen LogP contribution in [0.15, 0.2) is 30.3 Å². The Labute approximate surface area is 209 Å². The predicted molar refractivity (Wildman–Crippen MR) is 136 cm³/mol. The third-order valence-electron chi connectivity index (χ3n) is 7.74. The first-order valence-electron chi connectivity index (χ1n) is 13.6. The molecular formula is C28H43N3O4. The Morgan fingerprint density at radius 3 is 2.06 bits per heavy atom. The van der Waals surface area contributed by atoms with Crippen LogP contribution >= 0.6 is 0 Å². The SMILES string of the molecule is NOC(=O)C[C@@H](CC1CCCCC1)C(=O)NC(CC1CCCCC1)C(=O)NCCc1ccccc1. The molecule has 2 fully saturated rings. The lowest BCUT2D eigenvalue weighted by Gasteiger charge is -2.29. The molecule has 1 aromatic rings. The number of amides is 2. The molecule has 2 aliphatic rings. The lowest BCUT2D eigenvalue weighted by molar-refractivity contribution is -0.148. The molecule has 1 unspecified atom stereocenters. The molecule has 7 heteroatoms. The Hall–Kier alpha value is -2.41. The van der Waals surface area contributed by atoms with Crippen LogP contribution in [0.1, 0.15) is 89.0 Å². The Balaban J connectivity index is 1.63. The number of nitrogens with two attached hydrogens (primary N) is 1. The Kier molecular flexibility index (Phi) is 11.5. The molecule has 7 nitrogen and oxygen atoms in total. The van der Waals surface area contributed by atoms with Crippen molar-refractivity contribution in [1.29, 1.82) is 0 Å². The van der Waals surface area contributed by atoms with Gasteiger partial charge in [-0.15, -0.1) is 0 Å². The summed E-state index contributed by atoms with van der Waals surface area (Å²) in [7, 11) is 0. The lowest BCUT2D eigenvalue weighted by Crippen LogP contribution is -2.50. The van der Waals surface area contributed by atoms with Crippen LogP contribution in [0.2, 0.25) is 0 Å². The van der Waals surface area contributed by atoms with E-state index in [1.807, 2.05) is 30.3 Å². The van der Waals surface area contributed by atoms with Gasteiger partial charge in [0.2, 0.25) is 11.8 Å². The van der Waals surface area contributed by atoms with Crippen LogP contribution in [0.4, 0.5) is 0 Å². The first kappa shape index (κ1) is 27.2. The molecule has 0 heterocycles. The number of carbonyl (C=O) groups excluding carboxylic acids is 3. The second-order valence-electron chi connectivity index (χ2n) is 10.5. The maximum absolute atomic E-state index is 13.4. The van der Waals surface area contributed by atoms with Crippen molar-refractivity contribution in [2.45, 2.75) is 95.9 Å². The summed E-state index contributed by atoms with van der Waals surface area (Å²) >= 11 is 0. The molecule has 0 aromatic heterocycles. The third-order valence-corrected chi connectivity index (χ3v) is 7.74. The minimum atomic E-state index is -0.593. The smallest absolute Gasteiger partial charge is 0.325 e. The first-order chi connectivity index (χ1) is 17.0. The van der Waals surface area contributed by atoms with Gasteiger partial charge in [-0.25, -0.2) is 0 Å². The summed E-state index contributed by atoms with van der Waals surface area (Å²) < 4.78 is 0. The highest BCUT2D eigenvalue weighted by Gasteiger charge is 2.31. The van der Waals surface area contributed by atoms with Gasteiger partial charge in [-0.2, -0.15) is 5.90 Å². The van der Waals surface area contributed by atoms with Gasteiger partial charge in [0.05, 0.1) is 6.42 Å². The van der Waals surface area contributed by atoms with Gasteiger partial charge < -0.3 is 15.5 Å². The van der Waals surface area contributed by atoms with E-state index in [1.165, 1.54) is 25.7 Å². The van der Waals surface area contributed by atoms with E-state index in [2.05, 4.69) is 15.5 Å². The van der Waals surface area contributed by atoms with E-state index in [0.29, 0.717) is 31.2 Å². The van der Waals surface area contributed by atoms with Crippen molar-refractivity contribution < 1.29 is 19.2 Å². The zero-order chi connectivity index (χ0) is 24.9. The molecule has 0 radical (unpaired) electrons. The molecule has 2 amide bonds. The van der Waals surface area contributed by atoms with Crippen molar-refractivity contribution in [3.63, 3.8) is 0 Å². The van der Waals surface area contributed by atoms with Crippen LogP contribution in [0.3, 0.4) is 0 Å². The second-order valence-corrected chi connectivity index (χ2v) is 10.5. The van der Waals surface area contributed by atoms with Gasteiger partial charge in [-0.3, -0.25) is 14.4 Å². The minimum absolute atomic E-state index is 0.0510. The molecule has 2 atom stereocenters. The quantitative estimate of drug-likeness (QED) is 0.385. The Morgan fingerprint density at radius 2 is 1.46 bits per heavy atom. The second kappa shape index (κ2) is 14.9. The van der Waals surface area contributed by atoms with Crippen molar-refractivity contribution in [2.24, 2.45) is 23.7 Å². The maximum Gasteiger partial charge on any atom is 0.325 e. The van der Waals surface area contributed by atoms with Crippen molar-refractivity contribution in [1.82, 2.24) is 10.6 Å². The molecule has 0 spiro atoms. The molecule has 194 valence electrons. The average Bonchev–Trinajstić information content (AvgIpc) is 2.89. The van der Waals surface area contributed by atoms with Crippen LogP contribution in [-0.4, -0.2) is 30.4 Å². The topological polar surface area (TPSA) is 111 Å². The van der Waals surface area contributed by atoms with Gasteiger partial charge in [-0.1, -0.05) is 94.5 Å². The van der Waals surface area contributed by atoms with Crippen LogP contribution in [0.5, 0.6) is 0 Å². The molecule has 2 aliphatic carbocycles. The first-order valence-corrected chi connectivity index (χ1v) is 13.6. The van der Waals surface area contributed by atoms with E-state index in [-0.39, 0.29) is 18.2 Å². The molecule has 0 bridgehead atoms. The molecule has 0 saturated heterocycles. The molecule has 4 N–H and O–H groups in total. The Morgan fingerprint density at radius 1 is 0.857 bits per heavy atom. The summed E-state index contributed by atoms with van der Waals surface area (Å²) in [6, 6.07) is 9.44. The van der Waals surface area contributed by atoms with Crippen LogP contribution in [0.25, 0.3) is 0 Å². The predicted octanol–water partition coefficient (Wildman–Crippen LogP) is 4.19. The van der Waals surface area contributed by atoms with Gasteiger partial charge in [-0.05, 0) is 36.7 Å². The monoisotopic (exact) mass is 485 g/mol. The van der Waals surface area contributed by atoms with Crippen molar-refractivity contribution >= 4 is 17.8 Å². The average molecular weight is 486 g/mol. The third kappa shape index (κ3) is 9.63. The van der Waals surface area contributed by atoms with Gasteiger partial charge >= 0.3 is 5.97 Å². The maximum atomic E-state index is 13.4. The van der Waals surface area contributed by atoms with E-state index in [1.54, 1.807) is 0 Å². The summed E-state index contributed by atoms with van der Waals surface area (Å²) in [6.45, 7) is 0.519. The van der Waals surface area contributed by atoms with Gasteiger partial charge in [0, 0.05) is 12.5 Å². The van der Waals surface area contributed by atoms with E-state index in [4.69, 9.17) is 5.90 Å². The van der Waals surface area contributed by atoms with Crippen LogP contribution in [-0.2, 0) is 25.6 Å². The van der Waals surface area contributed by atoms with Gasteiger partial charge in [0.25, 0.3) is 0 Å². The molecule has 2 saturated carbocycles. The van der Waals surface area contributed by atoms with E-state index in [0.717, 1.165) is 50.5 Å². The number of carbonyl (C=O) groups is 3. The van der Waals surface area contributed by atoms with E-state index >= 15 is 0 Å². The largest absolute Gasteiger partial charge is 0.373 e. The molecule has 3 rings (SSSR count). The van der Waals surface area contributed by atoms with Gasteiger partial charge in [0.15, 0.2) is 0 Å². The summed E-state index contributed by atoms with van der Waals surface area (Å²) in [4.78, 5) is 42.9. The normalized spacial score (nSPS) is 18.9. The van der Waals surface area contributed by atoms with E-state index in [9.17, 15) is 14.4 Å². The summed E-state index contributed by atoms with van der Waals surface area (Å²) in [5, 5.41) is 6.07. The standard InChI is InChI=1S/C28H43N3O4/c29-35-26(32)20-24(18-22-12-6-2-7-13-22)27(33)31-25(19-23-14-8-3-9-15-23)28(34)30-17-16-21-10-4-1-5-11-21/h1,4-5,10-11,22-25H,2-3,6-9,12-20,29H2,(H,30,34)(H,31,33)/t24-,25?/m1/s1. The zero-order valence-electron chi connectivity index (χ0n) is 21.0. The highest BCUT2D eigenvalue weighted by Crippen LogP contribution is 2.31. The fourth-order valence-electron chi connectivity index (χ4n) is 5.73. The fraction of sp³-hybridized carbons (Fsp3) is 0.679. The molecule has 35 heavy (non-hydrogen) atoms. The highest BCUT2D eigenvalue weighted by atomic mass is 16.7. The van der Waals surface area contributed by atoms with Crippen molar-refractivity contribution in [3.8, 4) is 0 Å². The van der Waals surface area contributed by atoms with Crippen molar-refractivity contribution in [3.05, 3.63) is 35.9 Å². The van der Waals surface area contributed by atoms with Crippen LogP contribution in [0, 0.1) is 17.8 Å². The van der Waals surface area contributed by atoms with Gasteiger partial charge in [0.1, 0.15) is 6.04 Å². The van der Waals surface area contributed by atoms with Crippen LogP contribution < -0.4 is 16.5 Å². The number of hydrogen-bond donors (Lipinski definition) is 3. The minimum Gasteiger partial charge on any atom is -0.373 e. The number of hydrogen-bond acceptors (Lipinski definition) is 5. The Bertz CT molecular complexity index is 789. The molecule has 1 aromatic carbocycles. The number of rotatable bonds is 12. The summed E-state index contributed by atoms with van der Waals surface area (Å²) in [6.07, 6.45) is 13.4. The van der Waals surface area contributed by atoms with Crippen molar-refractivity contribution in [2.75, 3.05) is 6.54 Å². The summed E-state index contributed by atoms with van der Waals surface area (Å²) in [5.74, 6) is 4.44.